The van der Waals surface area contributed by atoms with Crippen LogP contribution in [0.4, 0.5) is 0 Å². The van der Waals surface area contributed by atoms with Gasteiger partial charge in [0, 0.05) is 0 Å². The molecule has 3 rings (SSSR count). The van der Waals surface area contributed by atoms with Crippen LogP contribution in [0.1, 0.15) is 72.1 Å². The number of hydrogen-bond acceptors (Lipinski definition) is 2. The fraction of sp³-hybridized carbons (Fsp3) is 0.810. The third kappa shape index (κ3) is 3.44. The second-order valence-corrected chi connectivity index (χ2v) is 8.86. The summed E-state index contributed by atoms with van der Waals surface area (Å²) in [5, 5.41) is 19.7. The van der Waals surface area contributed by atoms with Gasteiger partial charge in [-0.05, 0) is 74.5 Å². The standard InChI is InChI=1S/C21H34O2/c1-14(2)19-8-9-20-16(5-4-10-21(19,20)3)7-6-15-11-17(22)13-18(23)12-15/h6-7,14,17-20,22-23H,4-5,8-13H2,1-3H3/b16-7+/t17-,18-,19-,20+,21-/m1/s1. The van der Waals surface area contributed by atoms with E-state index in [0.29, 0.717) is 11.8 Å². The van der Waals surface area contributed by atoms with E-state index < -0.39 is 0 Å². The van der Waals surface area contributed by atoms with Gasteiger partial charge in [0.1, 0.15) is 0 Å². The summed E-state index contributed by atoms with van der Waals surface area (Å²) < 4.78 is 0. The summed E-state index contributed by atoms with van der Waals surface area (Å²) in [5.41, 5.74) is 3.33. The van der Waals surface area contributed by atoms with Gasteiger partial charge >= 0.3 is 0 Å². The van der Waals surface area contributed by atoms with Crippen LogP contribution in [0.25, 0.3) is 0 Å². The number of aliphatic hydroxyl groups excluding tert-OH is 2. The van der Waals surface area contributed by atoms with Crippen molar-refractivity contribution in [3.63, 3.8) is 0 Å². The fourth-order valence-corrected chi connectivity index (χ4v) is 5.90. The third-order valence-corrected chi connectivity index (χ3v) is 6.92. The van der Waals surface area contributed by atoms with Gasteiger partial charge in [0.05, 0.1) is 12.2 Å². The lowest BCUT2D eigenvalue weighted by molar-refractivity contribution is 0.0609. The Morgan fingerprint density at radius 1 is 1.09 bits per heavy atom. The van der Waals surface area contributed by atoms with Gasteiger partial charge in [-0.1, -0.05) is 44.1 Å². The van der Waals surface area contributed by atoms with E-state index in [4.69, 9.17) is 0 Å². The fourth-order valence-electron chi connectivity index (χ4n) is 5.90. The molecule has 0 aromatic rings. The maximum Gasteiger partial charge on any atom is 0.0602 e. The molecule has 0 aromatic carbocycles. The van der Waals surface area contributed by atoms with Crippen molar-refractivity contribution in [3.8, 4) is 0 Å². The van der Waals surface area contributed by atoms with Crippen molar-refractivity contribution in [1.82, 2.24) is 0 Å². The Bertz CT molecular complexity index is 478. The van der Waals surface area contributed by atoms with E-state index in [0.717, 1.165) is 30.6 Å². The van der Waals surface area contributed by atoms with Crippen LogP contribution in [0.5, 0.6) is 0 Å². The lowest BCUT2D eigenvalue weighted by Gasteiger charge is -2.43. The van der Waals surface area contributed by atoms with E-state index in [-0.39, 0.29) is 12.2 Å². The number of fused-ring (bicyclic) bond motifs is 1. The molecule has 3 saturated carbocycles. The number of rotatable bonds is 2. The molecular formula is C21H34O2. The summed E-state index contributed by atoms with van der Waals surface area (Å²) in [5.74, 6) is 2.40. The smallest absolute Gasteiger partial charge is 0.0602 e. The Labute approximate surface area is 141 Å². The zero-order chi connectivity index (χ0) is 16.6. The molecule has 3 aliphatic carbocycles. The molecule has 2 heteroatoms. The van der Waals surface area contributed by atoms with Crippen molar-refractivity contribution < 1.29 is 10.2 Å². The topological polar surface area (TPSA) is 40.5 Å². The molecule has 0 radical (unpaired) electrons. The van der Waals surface area contributed by atoms with Crippen LogP contribution in [0, 0.1) is 23.2 Å². The average Bonchev–Trinajstić information content (AvgIpc) is 2.81. The van der Waals surface area contributed by atoms with Crippen LogP contribution in [0.15, 0.2) is 23.3 Å². The zero-order valence-corrected chi connectivity index (χ0v) is 15.1. The van der Waals surface area contributed by atoms with Gasteiger partial charge in [0.2, 0.25) is 0 Å². The molecule has 23 heavy (non-hydrogen) atoms. The van der Waals surface area contributed by atoms with Crippen molar-refractivity contribution in [2.24, 2.45) is 23.2 Å². The number of hydrogen-bond donors (Lipinski definition) is 2. The zero-order valence-electron chi connectivity index (χ0n) is 15.1. The van der Waals surface area contributed by atoms with Crippen LogP contribution in [0.3, 0.4) is 0 Å². The van der Waals surface area contributed by atoms with Crippen molar-refractivity contribution in [2.75, 3.05) is 0 Å². The Morgan fingerprint density at radius 3 is 2.43 bits per heavy atom. The largest absolute Gasteiger partial charge is 0.393 e. The average molecular weight is 319 g/mol. The van der Waals surface area contributed by atoms with Crippen LogP contribution in [-0.4, -0.2) is 22.4 Å². The highest BCUT2D eigenvalue weighted by molar-refractivity contribution is 5.26. The first kappa shape index (κ1) is 17.2. The van der Waals surface area contributed by atoms with Gasteiger partial charge in [-0.15, -0.1) is 0 Å². The first-order valence-corrected chi connectivity index (χ1v) is 9.64. The van der Waals surface area contributed by atoms with Crippen LogP contribution in [0.2, 0.25) is 0 Å². The molecule has 2 N–H and O–H groups in total. The second-order valence-electron chi connectivity index (χ2n) is 8.86. The third-order valence-electron chi connectivity index (χ3n) is 6.92. The second kappa shape index (κ2) is 6.72. The maximum atomic E-state index is 9.85. The summed E-state index contributed by atoms with van der Waals surface area (Å²) in [7, 11) is 0. The molecule has 0 saturated heterocycles. The molecule has 0 spiro atoms. The molecule has 0 aliphatic heterocycles. The van der Waals surface area contributed by atoms with E-state index in [2.05, 4.69) is 32.9 Å². The van der Waals surface area contributed by atoms with Gasteiger partial charge in [-0.2, -0.15) is 0 Å². The van der Waals surface area contributed by atoms with Crippen molar-refractivity contribution in [2.45, 2.75) is 84.3 Å². The SMILES string of the molecule is CC(C)[C@H]1CC[C@H]2/C(=C/C=C3C[C@@H](O)C[C@H](O)C3)CCC[C@]12C. The minimum Gasteiger partial charge on any atom is -0.393 e. The number of aliphatic hydroxyl groups is 2. The Kier molecular flexibility index (Phi) is 5.04. The minimum atomic E-state index is -0.364. The lowest BCUT2D eigenvalue weighted by Crippen LogP contribution is -2.35. The Morgan fingerprint density at radius 2 is 1.78 bits per heavy atom. The summed E-state index contributed by atoms with van der Waals surface area (Å²) >= 11 is 0. The van der Waals surface area contributed by atoms with E-state index >= 15 is 0 Å². The molecule has 0 bridgehead atoms. The molecule has 0 heterocycles. The van der Waals surface area contributed by atoms with Crippen molar-refractivity contribution in [3.05, 3.63) is 23.3 Å². The molecule has 0 unspecified atom stereocenters. The molecule has 130 valence electrons. The Hall–Kier alpha value is -0.600. The first-order chi connectivity index (χ1) is 10.9. The quantitative estimate of drug-likeness (QED) is 0.780. The van der Waals surface area contributed by atoms with Gasteiger partial charge in [-0.3, -0.25) is 0 Å². The number of allylic oxidation sites excluding steroid dienone is 3. The minimum absolute atomic E-state index is 0.364. The monoisotopic (exact) mass is 318 g/mol. The molecule has 2 nitrogen and oxygen atoms in total. The van der Waals surface area contributed by atoms with E-state index in [1.54, 1.807) is 5.57 Å². The lowest BCUT2D eigenvalue weighted by atomic mass is 9.61. The predicted molar refractivity (Wildman–Crippen MR) is 95.0 cm³/mol. The van der Waals surface area contributed by atoms with Gasteiger partial charge in [-0.25, -0.2) is 0 Å². The highest BCUT2D eigenvalue weighted by Crippen LogP contribution is 2.59. The van der Waals surface area contributed by atoms with Crippen molar-refractivity contribution in [1.29, 1.82) is 0 Å². The van der Waals surface area contributed by atoms with Crippen molar-refractivity contribution >= 4 is 0 Å². The predicted octanol–water partition coefficient (Wildman–Crippen LogP) is 4.62. The molecule has 3 aliphatic rings. The molecule has 3 fully saturated rings. The van der Waals surface area contributed by atoms with Gasteiger partial charge in [0.25, 0.3) is 0 Å². The van der Waals surface area contributed by atoms with E-state index in [1.807, 2.05) is 0 Å². The Balaban J connectivity index is 1.78. The molecule has 0 amide bonds. The van der Waals surface area contributed by atoms with Crippen LogP contribution < -0.4 is 0 Å². The summed E-state index contributed by atoms with van der Waals surface area (Å²) in [6.45, 7) is 7.32. The van der Waals surface area contributed by atoms with Crippen LogP contribution in [-0.2, 0) is 0 Å². The van der Waals surface area contributed by atoms with E-state index in [1.165, 1.54) is 37.7 Å². The maximum absolute atomic E-state index is 9.85. The summed E-state index contributed by atoms with van der Waals surface area (Å²) in [6.07, 6.45) is 12.5. The first-order valence-electron chi connectivity index (χ1n) is 9.64. The molecule has 5 atom stereocenters. The highest BCUT2D eigenvalue weighted by atomic mass is 16.3. The summed E-state index contributed by atoms with van der Waals surface area (Å²) in [4.78, 5) is 0. The van der Waals surface area contributed by atoms with Crippen LogP contribution >= 0.6 is 0 Å². The summed E-state index contributed by atoms with van der Waals surface area (Å²) in [6, 6.07) is 0. The molecular weight excluding hydrogens is 284 g/mol. The normalized spacial score (nSPS) is 43.0. The van der Waals surface area contributed by atoms with Gasteiger partial charge in [0.15, 0.2) is 0 Å². The van der Waals surface area contributed by atoms with Gasteiger partial charge < -0.3 is 10.2 Å². The molecule has 0 aromatic heterocycles. The van der Waals surface area contributed by atoms with E-state index in [9.17, 15) is 10.2 Å². The highest BCUT2D eigenvalue weighted by Gasteiger charge is 2.49.